The fourth-order valence-electron chi connectivity index (χ4n) is 2.24. The Morgan fingerprint density at radius 1 is 1.32 bits per heavy atom. The minimum Gasteiger partial charge on any atom is -0.301 e. The molecule has 120 valence electrons. The molecular weight excluding hydrogens is 340 g/mol. The van der Waals surface area contributed by atoms with Crippen molar-refractivity contribution in [1.82, 2.24) is 9.62 Å². The van der Waals surface area contributed by atoms with Crippen LogP contribution in [0.1, 0.15) is 17.2 Å². The van der Waals surface area contributed by atoms with E-state index < -0.39 is 10.0 Å². The van der Waals surface area contributed by atoms with Crippen LogP contribution in [-0.2, 0) is 10.0 Å². The predicted octanol–water partition coefficient (Wildman–Crippen LogP) is 3.29. The molecule has 0 saturated carbocycles. The van der Waals surface area contributed by atoms with Crippen molar-refractivity contribution in [3.05, 3.63) is 51.2 Å². The van der Waals surface area contributed by atoms with E-state index in [-0.39, 0.29) is 10.9 Å². The topological polar surface area (TPSA) is 49.4 Å². The number of sulfonamides is 1. The van der Waals surface area contributed by atoms with Gasteiger partial charge in [0.2, 0.25) is 10.0 Å². The zero-order valence-electron chi connectivity index (χ0n) is 12.7. The van der Waals surface area contributed by atoms with Gasteiger partial charge in [-0.15, -0.1) is 0 Å². The average Bonchev–Trinajstić information content (AvgIpc) is 2.91. The van der Waals surface area contributed by atoms with Gasteiger partial charge in [0.25, 0.3) is 0 Å². The molecule has 0 bridgehead atoms. The summed E-state index contributed by atoms with van der Waals surface area (Å²) < 4.78 is 27.7. The maximum absolute atomic E-state index is 12.5. The van der Waals surface area contributed by atoms with Crippen molar-refractivity contribution in [3.8, 4) is 0 Å². The Kier molecular flexibility index (Phi) is 5.63. The zero-order chi connectivity index (χ0) is 16.3. The third-order valence-corrected chi connectivity index (χ3v) is 5.96. The third kappa shape index (κ3) is 4.08. The van der Waals surface area contributed by atoms with E-state index in [2.05, 4.69) is 4.72 Å². The Morgan fingerprint density at radius 3 is 2.59 bits per heavy atom. The number of rotatable bonds is 6. The van der Waals surface area contributed by atoms with Crippen molar-refractivity contribution < 1.29 is 8.42 Å². The van der Waals surface area contributed by atoms with Gasteiger partial charge in [-0.2, -0.15) is 11.3 Å². The van der Waals surface area contributed by atoms with E-state index in [1.165, 1.54) is 6.07 Å². The molecule has 2 rings (SSSR count). The first kappa shape index (κ1) is 17.4. The van der Waals surface area contributed by atoms with Crippen LogP contribution in [0.25, 0.3) is 0 Å². The summed E-state index contributed by atoms with van der Waals surface area (Å²) in [7, 11) is 0.310. The highest BCUT2D eigenvalue weighted by atomic mass is 35.5. The Bertz CT molecular complexity index is 728. The summed E-state index contributed by atoms with van der Waals surface area (Å²) in [6.45, 7) is 2.05. The predicted molar refractivity (Wildman–Crippen MR) is 92.1 cm³/mol. The van der Waals surface area contributed by atoms with Gasteiger partial charge in [-0.1, -0.05) is 11.6 Å². The Morgan fingerprint density at radius 2 is 2.05 bits per heavy atom. The monoisotopic (exact) mass is 358 g/mol. The lowest BCUT2D eigenvalue weighted by molar-refractivity contribution is 0.300. The number of nitrogens with zero attached hydrogens (tertiary/aromatic N) is 1. The van der Waals surface area contributed by atoms with Crippen molar-refractivity contribution in [2.75, 3.05) is 20.6 Å². The molecule has 0 radical (unpaired) electrons. The van der Waals surface area contributed by atoms with Gasteiger partial charge in [-0.3, -0.25) is 0 Å². The number of hydrogen-bond donors (Lipinski definition) is 1. The zero-order valence-corrected chi connectivity index (χ0v) is 15.1. The average molecular weight is 359 g/mol. The van der Waals surface area contributed by atoms with E-state index in [4.69, 9.17) is 11.6 Å². The van der Waals surface area contributed by atoms with Crippen LogP contribution < -0.4 is 4.72 Å². The minimum atomic E-state index is -3.56. The molecule has 0 aliphatic rings. The van der Waals surface area contributed by atoms with E-state index in [1.54, 1.807) is 30.4 Å². The molecule has 0 aliphatic heterocycles. The van der Waals surface area contributed by atoms with Crippen molar-refractivity contribution >= 4 is 33.0 Å². The molecular formula is C15H19ClN2O2S2. The summed E-state index contributed by atoms with van der Waals surface area (Å²) in [6.07, 6.45) is 0. The first-order chi connectivity index (χ1) is 10.3. The maximum atomic E-state index is 12.5. The van der Waals surface area contributed by atoms with Gasteiger partial charge in [0.1, 0.15) is 0 Å². The van der Waals surface area contributed by atoms with Gasteiger partial charge in [0, 0.05) is 17.6 Å². The van der Waals surface area contributed by atoms with E-state index in [0.29, 0.717) is 17.1 Å². The summed E-state index contributed by atoms with van der Waals surface area (Å²) in [6, 6.07) is 6.78. The molecule has 22 heavy (non-hydrogen) atoms. The second-order valence-electron chi connectivity index (χ2n) is 5.30. The Hall–Kier alpha value is -0.920. The summed E-state index contributed by atoms with van der Waals surface area (Å²) in [5.74, 6) is 0. The number of thiophene rings is 1. The van der Waals surface area contributed by atoms with Crippen molar-refractivity contribution in [1.29, 1.82) is 0 Å². The molecule has 0 fully saturated rings. The number of likely N-dealkylation sites (N-methyl/N-ethyl adjacent to an activating group) is 1. The smallest absolute Gasteiger partial charge is 0.240 e. The van der Waals surface area contributed by atoms with Crippen LogP contribution in [0.4, 0.5) is 0 Å². The number of aryl methyl sites for hydroxylation is 1. The van der Waals surface area contributed by atoms with Gasteiger partial charge < -0.3 is 4.90 Å². The molecule has 1 aromatic carbocycles. The molecule has 4 nitrogen and oxygen atoms in total. The van der Waals surface area contributed by atoms with Gasteiger partial charge in [-0.05, 0) is 67.2 Å². The lowest BCUT2D eigenvalue weighted by Crippen LogP contribution is -2.34. The fourth-order valence-corrected chi connectivity index (χ4v) is 4.44. The van der Waals surface area contributed by atoms with Crippen LogP contribution in [0.15, 0.2) is 39.9 Å². The van der Waals surface area contributed by atoms with Gasteiger partial charge in [0.05, 0.1) is 4.90 Å². The summed E-state index contributed by atoms with van der Waals surface area (Å²) >= 11 is 7.48. The number of halogens is 1. The third-order valence-electron chi connectivity index (χ3n) is 3.44. The molecule has 0 aliphatic carbocycles. The van der Waals surface area contributed by atoms with Gasteiger partial charge in [0.15, 0.2) is 0 Å². The Balaban J connectivity index is 2.18. The van der Waals surface area contributed by atoms with Crippen molar-refractivity contribution in [3.63, 3.8) is 0 Å². The maximum Gasteiger partial charge on any atom is 0.240 e. The van der Waals surface area contributed by atoms with Crippen LogP contribution >= 0.6 is 22.9 Å². The van der Waals surface area contributed by atoms with Crippen molar-refractivity contribution in [2.24, 2.45) is 0 Å². The highest BCUT2D eigenvalue weighted by Crippen LogP contribution is 2.22. The lowest BCUT2D eigenvalue weighted by atomic mass is 10.1. The largest absolute Gasteiger partial charge is 0.301 e. The molecule has 1 heterocycles. The number of hydrogen-bond acceptors (Lipinski definition) is 4. The highest BCUT2D eigenvalue weighted by Gasteiger charge is 2.21. The minimum absolute atomic E-state index is 0.00590. The van der Waals surface area contributed by atoms with E-state index in [0.717, 1.165) is 5.56 Å². The highest BCUT2D eigenvalue weighted by molar-refractivity contribution is 7.89. The SMILES string of the molecule is Cc1cc(Cl)ccc1S(=O)(=O)NC[C@@H](c1ccsc1)N(C)C. The molecule has 2 aromatic rings. The lowest BCUT2D eigenvalue weighted by Gasteiger charge is -2.24. The van der Waals surface area contributed by atoms with Gasteiger partial charge in [-0.25, -0.2) is 13.1 Å². The molecule has 0 spiro atoms. The van der Waals surface area contributed by atoms with E-state index >= 15 is 0 Å². The summed E-state index contributed by atoms with van der Waals surface area (Å²) in [5.41, 5.74) is 1.74. The molecule has 1 N–H and O–H groups in total. The van der Waals surface area contributed by atoms with Crippen molar-refractivity contribution in [2.45, 2.75) is 17.9 Å². The molecule has 7 heteroatoms. The van der Waals surface area contributed by atoms with Crippen LogP contribution in [0.5, 0.6) is 0 Å². The quantitative estimate of drug-likeness (QED) is 0.862. The number of benzene rings is 1. The molecule has 0 saturated heterocycles. The summed E-state index contributed by atoms with van der Waals surface area (Å²) in [5, 5.41) is 4.55. The van der Waals surface area contributed by atoms with Gasteiger partial charge >= 0.3 is 0 Å². The first-order valence-electron chi connectivity index (χ1n) is 6.75. The molecule has 1 atom stereocenters. The fraction of sp³-hybridized carbons (Fsp3) is 0.333. The first-order valence-corrected chi connectivity index (χ1v) is 9.56. The van der Waals surface area contributed by atoms with E-state index in [9.17, 15) is 8.42 Å². The second-order valence-corrected chi connectivity index (χ2v) is 8.25. The standard InChI is InChI=1S/C15H19ClN2O2S2/c1-11-8-13(16)4-5-15(11)22(19,20)17-9-14(18(2)3)12-6-7-21-10-12/h4-8,10,14,17H,9H2,1-3H3/t14-/m0/s1. The second kappa shape index (κ2) is 7.10. The van der Waals surface area contributed by atoms with Crippen LogP contribution in [0.2, 0.25) is 5.02 Å². The molecule has 0 unspecified atom stereocenters. The Labute approximate surface area is 140 Å². The van der Waals surface area contributed by atoms with Crippen LogP contribution in [0, 0.1) is 6.92 Å². The van der Waals surface area contributed by atoms with Crippen LogP contribution in [-0.4, -0.2) is 34.0 Å². The van der Waals surface area contributed by atoms with Crippen LogP contribution in [0.3, 0.4) is 0 Å². The molecule has 1 aromatic heterocycles. The normalized spacial score (nSPS) is 13.5. The van der Waals surface area contributed by atoms with E-state index in [1.807, 2.05) is 35.8 Å². The molecule has 0 amide bonds. The summed E-state index contributed by atoms with van der Waals surface area (Å²) in [4.78, 5) is 2.26. The number of nitrogens with one attached hydrogen (secondary N) is 1.